The van der Waals surface area contributed by atoms with Gasteiger partial charge in [0.25, 0.3) is 0 Å². The van der Waals surface area contributed by atoms with Crippen LogP contribution >= 0.6 is 27.5 Å². The zero-order valence-electron chi connectivity index (χ0n) is 9.76. The van der Waals surface area contributed by atoms with Crippen molar-refractivity contribution < 1.29 is 4.39 Å². The molecular weight excluding hydrogens is 303 g/mol. The van der Waals surface area contributed by atoms with Gasteiger partial charge in [-0.05, 0) is 49.3 Å². The molecule has 0 bridgehead atoms. The third kappa shape index (κ3) is 3.69. The summed E-state index contributed by atoms with van der Waals surface area (Å²) in [6.45, 7) is 0. The van der Waals surface area contributed by atoms with Crippen LogP contribution in [0.3, 0.4) is 0 Å². The predicted octanol–water partition coefficient (Wildman–Crippen LogP) is 5.32. The number of hydrogen-bond donors (Lipinski definition) is 0. The summed E-state index contributed by atoms with van der Waals surface area (Å²) in [5.74, 6) is 0.495. The molecule has 17 heavy (non-hydrogen) atoms. The van der Waals surface area contributed by atoms with Crippen molar-refractivity contribution in [1.29, 1.82) is 0 Å². The van der Waals surface area contributed by atoms with Crippen molar-refractivity contribution in [2.24, 2.45) is 5.92 Å². The number of aryl methyl sites for hydroxylation is 1. The van der Waals surface area contributed by atoms with Crippen molar-refractivity contribution in [3.05, 3.63) is 34.1 Å². The number of hydrogen-bond acceptors (Lipinski definition) is 0. The number of benzene rings is 1. The fourth-order valence-electron chi connectivity index (χ4n) is 2.57. The molecule has 1 aromatic rings. The van der Waals surface area contributed by atoms with Gasteiger partial charge >= 0.3 is 0 Å². The smallest absolute Gasteiger partial charge is 0.124 e. The van der Waals surface area contributed by atoms with Gasteiger partial charge in [-0.25, -0.2) is 4.39 Å². The lowest BCUT2D eigenvalue weighted by Gasteiger charge is -2.16. The highest BCUT2D eigenvalue weighted by atomic mass is 79.9. The molecule has 1 atom stereocenters. The Kier molecular flexibility index (Phi) is 4.87. The van der Waals surface area contributed by atoms with Crippen LogP contribution in [0.1, 0.15) is 37.7 Å². The van der Waals surface area contributed by atoms with Crippen molar-refractivity contribution in [3.63, 3.8) is 0 Å². The van der Waals surface area contributed by atoms with Gasteiger partial charge < -0.3 is 0 Å². The van der Waals surface area contributed by atoms with Crippen LogP contribution in [-0.4, -0.2) is 5.38 Å². The Hall–Kier alpha value is -0.0800. The van der Waals surface area contributed by atoms with Gasteiger partial charge in [-0.2, -0.15) is 0 Å². The first kappa shape index (κ1) is 13.4. The van der Waals surface area contributed by atoms with Crippen LogP contribution in [0.2, 0.25) is 0 Å². The lowest BCUT2D eigenvalue weighted by atomic mass is 9.98. The fraction of sp³-hybridized carbons (Fsp3) is 0.571. The van der Waals surface area contributed by atoms with Crippen molar-refractivity contribution in [2.75, 3.05) is 0 Å². The van der Waals surface area contributed by atoms with Gasteiger partial charge in [0.15, 0.2) is 0 Å². The molecule has 0 N–H and O–H groups in total. The molecule has 0 heterocycles. The van der Waals surface area contributed by atoms with Crippen LogP contribution in [0.25, 0.3) is 0 Å². The second-order valence-corrected chi connectivity index (χ2v) is 6.25. The average Bonchev–Trinajstić information content (AvgIpc) is 2.81. The molecule has 0 aliphatic heterocycles. The van der Waals surface area contributed by atoms with E-state index in [2.05, 4.69) is 15.9 Å². The molecule has 1 aliphatic rings. The minimum absolute atomic E-state index is 0.196. The molecule has 0 saturated heterocycles. The summed E-state index contributed by atoms with van der Waals surface area (Å²) in [5.41, 5.74) is 1.15. The van der Waals surface area contributed by atoms with Gasteiger partial charge in [-0.1, -0.05) is 34.8 Å². The molecule has 1 unspecified atom stereocenters. The quantitative estimate of drug-likeness (QED) is 0.659. The molecule has 0 spiro atoms. The molecule has 0 aromatic heterocycles. The number of rotatable bonds is 4. The zero-order valence-corrected chi connectivity index (χ0v) is 12.1. The Morgan fingerprint density at radius 2 is 2.06 bits per heavy atom. The van der Waals surface area contributed by atoms with E-state index in [0.717, 1.165) is 22.9 Å². The second-order valence-electron chi connectivity index (χ2n) is 4.83. The highest BCUT2D eigenvalue weighted by Crippen LogP contribution is 2.33. The van der Waals surface area contributed by atoms with Crippen LogP contribution in [-0.2, 0) is 6.42 Å². The molecule has 0 amide bonds. The van der Waals surface area contributed by atoms with Crippen LogP contribution < -0.4 is 0 Å². The van der Waals surface area contributed by atoms with E-state index >= 15 is 0 Å². The summed E-state index contributed by atoms with van der Waals surface area (Å²) in [7, 11) is 0. The van der Waals surface area contributed by atoms with Gasteiger partial charge in [-0.3, -0.25) is 0 Å². The molecule has 1 aromatic carbocycles. The molecule has 0 radical (unpaired) electrons. The van der Waals surface area contributed by atoms with E-state index < -0.39 is 0 Å². The first-order valence-electron chi connectivity index (χ1n) is 6.25. The summed E-state index contributed by atoms with van der Waals surface area (Å²) in [4.78, 5) is 0. The Morgan fingerprint density at radius 1 is 1.35 bits per heavy atom. The third-order valence-electron chi connectivity index (χ3n) is 3.62. The lowest BCUT2D eigenvalue weighted by Crippen LogP contribution is -2.12. The summed E-state index contributed by atoms with van der Waals surface area (Å²) >= 11 is 9.83. The van der Waals surface area contributed by atoms with Gasteiger partial charge in [0.1, 0.15) is 5.82 Å². The van der Waals surface area contributed by atoms with E-state index in [0.29, 0.717) is 5.92 Å². The highest BCUT2D eigenvalue weighted by Gasteiger charge is 2.22. The first-order chi connectivity index (χ1) is 8.16. The van der Waals surface area contributed by atoms with Crippen LogP contribution in [0.4, 0.5) is 4.39 Å². The minimum atomic E-state index is -0.196. The molecule has 3 heteroatoms. The highest BCUT2D eigenvalue weighted by molar-refractivity contribution is 9.10. The topological polar surface area (TPSA) is 0 Å². The average molecular weight is 320 g/mol. The Bertz CT molecular complexity index is 374. The molecule has 1 aliphatic carbocycles. The normalized spacial score (nSPS) is 18.5. The Balaban J connectivity index is 1.88. The number of halogens is 3. The van der Waals surface area contributed by atoms with E-state index in [-0.39, 0.29) is 11.2 Å². The standard InChI is InChI=1S/C14H17BrClF/c15-13-9-12(17)7-5-10(13)6-8-14(16)11-3-1-2-4-11/h5,7,9,11,14H,1-4,6,8H2. The Morgan fingerprint density at radius 3 is 2.71 bits per heavy atom. The molecule has 0 nitrogen and oxygen atoms in total. The minimum Gasteiger partial charge on any atom is -0.207 e. The molecular formula is C14H17BrClF. The number of alkyl halides is 1. The summed E-state index contributed by atoms with van der Waals surface area (Å²) in [6, 6.07) is 4.88. The van der Waals surface area contributed by atoms with E-state index in [1.807, 2.05) is 6.07 Å². The van der Waals surface area contributed by atoms with Gasteiger partial charge in [-0.15, -0.1) is 11.6 Å². The van der Waals surface area contributed by atoms with Crippen molar-refractivity contribution in [1.82, 2.24) is 0 Å². The van der Waals surface area contributed by atoms with Crippen molar-refractivity contribution in [2.45, 2.75) is 43.9 Å². The van der Waals surface area contributed by atoms with Crippen LogP contribution in [0.5, 0.6) is 0 Å². The van der Waals surface area contributed by atoms with Crippen molar-refractivity contribution >= 4 is 27.5 Å². The van der Waals surface area contributed by atoms with Crippen LogP contribution in [0.15, 0.2) is 22.7 Å². The molecule has 1 fully saturated rings. The van der Waals surface area contributed by atoms with Crippen LogP contribution in [0, 0.1) is 11.7 Å². The maximum absolute atomic E-state index is 12.9. The maximum atomic E-state index is 12.9. The van der Waals surface area contributed by atoms with E-state index in [9.17, 15) is 4.39 Å². The van der Waals surface area contributed by atoms with Gasteiger partial charge in [0, 0.05) is 9.85 Å². The summed E-state index contributed by atoms with van der Waals surface area (Å²) in [5, 5.41) is 0.273. The summed E-state index contributed by atoms with van der Waals surface area (Å²) in [6.07, 6.45) is 7.11. The third-order valence-corrected chi connectivity index (χ3v) is 4.93. The SMILES string of the molecule is Fc1ccc(CCC(Cl)C2CCCC2)c(Br)c1. The Labute approximate surface area is 116 Å². The molecule has 1 saturated carbocycles. The zero-order chi connectivity index (χ0) is 12.3. The molecule has 94 valence electrons. The largest absolute Gasteiger partial charge is 0.207 e. The predicted molar refractivity (Wildman–Crippen MR) is 74.0 cm³/mol. The van der Waals surface area contributed by atoms with E-state index in [1.165, 1.54) is 37.8 Å². The monoisotopic (exact) mass is 318 g/mol. The first-order valence-corrected chi connectivity index (χ1v) is 7.48. The van der Waals surface area contributed by atoms with E-state index in [1.54, 1.807) is 0 Å². The van der Waals surface area contributed by atoms with Gasteiger partial charge in [0.2, 0.25) is 0 Å². The fourth-order valence-corrected chi connectivity index (χ4v) is 3.48. The second kappa shape index (κ2) is 6.19. The van der Waals surface area contributed by atoms with E-state index in [4.69, 9.17) is 11.6 Å². The van der Waals surface area contributed by atoms with Gasteiger partial charge in [0.05, 0.1) is 0 Å². The van der Waals surface area contributed by atoms with Crippen molar-refractivity contribution in [3.8, 4) is 0 Å². The maximum Gasteiger partial charge on any atom is 0.124 e. The lowest BCUT2D eigenvalue weighted by molar-refractivity contribution is 0.492. The molecule has 2 rings (SSSR count). The summed E-state index contributed by atoms with van der Waals surface area (Å²) < 4.78 is 13.8.